The molecule has 0 radical (unpaired) electrons. The fourth-order valence-corrected chi connectivity index (χ4v) is 2.55. The van der Waals surface area contributed by atoms with Crippen LogP contribution >= 0.6 is 27.5 Å². The van der Waals surface area contributed by atoms with Gasteiger partial charge in [0.25, 0.3) is 5.91 Å². The molecule has 3 nitrogen and oxygen atoms in total. The van der Waals surface area contributed by atoms with Crippen LogP contribution in [0.5, 0.6) is 0 Å². The van der Waals surface area contributed by atoms with Crippen LogP contribution in [0.2, 0.25) is 5.02 Å². The number of nitrogens with one attached hydrogen (secondary N) is 1. The molecule has 1 aromatic rings. The van der Waals surface area contributed by atoms with Gasteiger partial charge in [0.2, 0.25) is 0 Å². The van der Waals surface area contributed by atoms with Gasteiger partial charge >= 0.3 is 0 Å². The lowest BCUT2D eigenvalue weighted by atomic mass is 10.2. The van der Waals surface area contributed by atoms with Gasteiger partial charge in [0.05, 0.1) is 5.02 Å². The van der Waals surface area contributed by atoms with Gasteiger partial charge in [-0.2, -0.15) is 0 Å². The molecule has 0 aliphatic heterocycles. The highest BCUT2D eigenvalue weighted by Gasteiger charge is 2.11. The zero-order valence-corrected chi connectivity index (χ0v) is 12.7. The number of carbonyl (C=O) groups excluding carboxylic acids is 1. The fraction of sp³-hybridized carbons (Fsp3) is 0.364. The molecule has 0 heterocycles. The van der Waals surface area contributed by atoms with Crippen LogP contribution in [0.15, 0.2) is 22.7 Å². The smallest absolute Gasteiger partial charge is 0.251 e. The molecular weight excluding hydrogens is 326 g/mol. The maximum Gasteiger partial charge on any atom is 0.251 e. The van der Waals surface area contributed by atoms with Crippen molar-refractivity contribution in [2.24, 2.45) is 0 Å². The van der Waals surface area contributed by atoms with E-state index in [1.54, 1.807) is 24.5 Å². The third kappa shape index (κ3) is 4.77. The van der Waals surface area contributed by atoms with Crippen molar-refractivity contribution in [3.05, 3.63) is 33.3 Å². The van der Waals surface area contributed by atoms with Crippen molar-refractivity contribution in [2.75, 3.05) is 12.0 Å². The topological polar surface area (TPSA) is 46.2 Å². The zero-order chi connectivity index (χ0) is 13.0. The molecule has 0 saturated carbocycles. The molecular formula is C11H13BrClNO2S. The maximum absolute atomic E-state index is 11.8. The van der Waals surface area contributed by atoms with Crippen molar-refractivity contribution in [1.29, 1.82) is 0 Å². The molecule has 0 aliphatic carbocycles. The van der Waals surface area contributed by atoms with Crippen molar-refractivity contribution in [3.63, 3.8) is 0 Å². The number of carbonyl (C=O) groups is 1. The lowest BCUT2D eigenvalue weighted by Gasteiger charge is -2.12. The van der Waals surface area contributed by atoms with Gasteiger partial charge in [0, 0.05) is 38.9 Å². The summed E-state index contributed by atoms with van der Waals surface area (Å²) < 4.78 is 11.8. The summed E-state index contributed by atoms with van der Waals surface area (Å²) in [7, 11) is -0.925. The van der Waals surface area contributed by atoms with Crippen molar-refractivity contribution in [2.45, 2.75) is 13.0 Å². The molecule has 0 spiro atoms. The van der Waals surface area contributed by atoms with Gasteiger partial charge < -0.3 is 5.32 Å². The van der Waals surface area contributed by atoms with E-state index < -0.39 is 10.8 Å². The first-order chi connectivity index (χ1) is 7.90. The van der Waals surface area contributed by atoms with Crippen LogP contribution < -0.4 is 5.32 Å². The van der Waals surface area contributed by atoms with Gasteiger partial charge in [-0.05, 0) is 41.1 Å². The minimum absolute atomic E-state index is 0.129. The van der Waals surface area contributed by atoms with E-state index in [0.717, 1.165) is 4.47 Å². The summed E-state index contributed by atoms with van der Waals surface area (Å²) in [4.78, 5) is 11.8. The molecule has 1 aromatic carbocycles. The van der Waals surface area contributed by atoms with Crippen LogP contribution in [0.4, 0.5) is 0 Å². The first-order valence-electron chi connectivity index (χ1n) is 4.96. The molecule has 0 fully saturated rings. The maximum atomic E-state index is 11.8. The van der Waals surface area contributed by atoms with Crippen molar-refractivity contribution in [1.82, 2.24) is 5.32 Å². The van der Waals surface area contributed by atoms with Crippen LogP contribution in [-0.4, -0.2) is 28.2 Å². The number of benzene rings is 1. The Morgan fingerprint density at radius 1 is 1.59 bits per heavy atom. The molecule has 0 saturated heterocycles. The third-order valence-corrected chi connectivity index (χ3v) is 4.25. The van der Waals surface area contributed by atoms with E-state index in [1.165, 1.54) is 0 Å². The van der Waals surface area contributed by atoms with Gasteiger partial charge in [-0.15, -0.1) is 0 Å². The van der Waals surface area contributed by atoms with E-state index in [0.29, 0.717) is 16.3 Å². The average molecular weight is 339 g/mol. The fourth-order valence-electron chi connectivity index (χ4n) is 1.34. The van der Waals surface area contributed by atoms with Gasteiger partial charge in [-0.1, -0.05) is 11.6 Å². The van der Waals surface area contributed by atoms with Crippen LogP contribution in [0, 0.1) is 0 Å². The van der Waals surface area contributed by atoms with E-state index in [1.807, 2.05) is 6.92 Å². The summed E-state index contributed by atoms with van der Waals surface area (Å²) in [6.07, 6.45) is 1.61. The molecule has 2 atom stereocenters. The minimum Gasteiger partial charge on any atom is -0.349 e. The van der Waals surface area contributed by atoms with Crippen LogP contribution in [0.1, 0.15) is 17.3 Å². The minimum atomic E-state index is -0.925. The van der Waals surface area contributed by atoms with E-state index >= 15 is 0 Å². The quantitative estimate of drug-likeness (QED) is 0.917. The summed E-state index contributed by atoms with van der Waals surface area (Å²) >= 11 is 9.16. The summed E-state index contributed by atoms with van der Waals surface area (Å²) in [6.45, 7) is 1.82. The summed E-state index contributed by atoms with van der Waals surface area (Å²) in [5, 5.41) is 3.26. The average Bonchev–Trinajstić information content (AvgIpc) is 2.20. The van der Waals surface area contributed by atoms with Crippen molar-refractivity contribution in [3.8, 4) is 0 Å². The monoisotopic (exact) mass is 337 g/mol. The Balaban J connectivity index is 2.70. The predicted molar refractivity (Wildman–Crippen MR) is 75.0 cm³/mol. The third-order valence-electron chi connectivity index (χ3n) is 2.04. The van der Waals surface area contributed by atoms with Crippen LogP contribution in [0.25, 0.3) is 0 Å². The molecule has 0 aromatic heterocycles. The van der Waals surface area contributed by atoms with Crippen LogP contribution in [0.3, 0.4) is 0 Å². The highest BCUT2D eigenvalue weighted by Crippen LogP contribution is 2.23. The number of rotatable bonds is 4. The Morgan fingerprint density at radius 2 is 2.24 bits per heavy atom. The first kappa shape index (κ1) is 14.7. The van der Waals surface area contributed by atoms with E-state index in [2.05, 4.69) is 21.2 Å². The molecule has 94 valence electrons. The normalized spacial score (nSPS) is 14.1. The molecule has 1 amide bonds. The molecule has 0 aliphatic rings. The predicted octanol–water partition coefficient (Wildman–Crippen LogP) is 2.60. The molecule has 6 heteroatoms. The SMILES string of the molecule is CC(CS(C)=O)NC(=O)c1ccc(Br)c(Cl)c1. The standard InChI is InChI=1S/C11H13BrClNO2S/c1-7(6-17(2)16)14-11(15)8-3-4-9(12)10(13)5-8/h3-5,7H,6H2,1-2H3,(H,14,15). The Kier molecular flexibility index (Phi) is 5.62. The van der Waals surface area contributed by atoms with Crippen LogP contribution in [-0.2, 0) is 10.8 Å². The van der Waals surface area contributed by atoms with Crippen molar-refractivity contribution < 1.29 is 9.00 Å². The van der Waals surface area contributed by atoms with E-state index in [9.17, 15) is 9.00 Å². The molecule has 0 bridgehead atoms. The second-order valence-electron chi connectivity index (χ2n) is 3.74. The zero-order valence-electron chi connectivity index (χ0n) is 9.50. The summed E-state index contributed by atoms with van der Waals surface area (Å²) in [6, 6.07) is 4.87. The lowest BCUT2D eigenvalue weighted by Crippen LogP contribution is -2.36. The summed E-state index contributed by atoms with van der Waals surface area (Å²) in [5.41, 5.74) is 0.493. The Labute approximate surface area is 117 Å². The molecule has 1 rings (SSSR count). The molecule has 2 unspecified atom stereocenters. The number of amides is 1. The Morgan fingerprint density at radius 3 is 2.76 bits per heavy atom. The van der Waals surface area contributed by atoms with Gasteiger partial charge in [0.1, 0.15) is 0 Å². The van der Waals surface area contributed by atoms with Crippen molar-refractivity contribution >= 4 is 44.2 Å². The highest BCUT2D eigenvalue weighted by molar-refractivity contribution is 9.10. The van der Waals surface area contributed by atoms with Gasteiger partial charge in [0.15, 0.2) is 0 Å². The van der Waals surface area contributed by atoms with E-state index in [-0.39, 0.29) is 11.9 Å². The second-order valence-corrected chi connectivity index (χ2v) is 6.48. The van der Waals surface area contributed by atoms with Gasteiger partial charge in [-0.25, -0.2) is 0 Å². The number of hydrogen-bond donors (Lipinski definition) is 1. The Hall–Kier alpha value is -0.390. The summed E-state index contributed by atoms with van der Waals surface area (Å²) in [5.74, 6) is 0.230. The largest absolute Gasteiger partial charge is 0.349 e. The molecule has 1 N–H and O–H groups in total. The van der Waals surface area contributed by atoms with E-state index in [4.69, 9.17) is 11.6 Å². The second kappa shape index (κ2) is 6.52. The Bertz CT molecular complexity index is 453. The van der Waals surface area contributed by atoms with Gasteiger partial charge in [-0.3, -0.25) is 9.00 Å². The highest BCUT2D eigenvalue weighted by atomic mass is 79.9. The number of hydrogen-bond acceptors (Lipinski definition) is 2. The molecule has 17 heavy (non-hydrogen) atoms. The number of halogens is 2. The lowest BCUT2D eigenvalue weighted by molar-refractivity contribution is 0.0943. The first-order valence-corrected chi connectivity index (χ1v) is 7.86.